The smallest absolute Gasteiger partial charge is 0.0477 e. The molecule has 3 heteroatoms. The van der Waals surface area contributed by atoms with Crippen molar-refractivity contribution in [1.82, 2.24) is 10.2 Å². The summed E-state index contributed by atoms with van der Waals surface area (Å²) in [5.74, 6) is 0. The third kappa shape index (κ3) is 4.30. The lowest BCUT2D eigenvalue weighted by atomic mass is 10.1. The number of rotatable bonds is 8. The van der Waals surface area contributed by atoms with E-state index in [9.17, 15) is 0 Å². The third-order valence-corrected chi connectivity index (χ3v) is 3.77. The minimum Gasteiger partial charge on any atom is -0.382 e. The maximum Gasteiger partial charge on any atom is 0.0477 e. The average molecular weight is 262 g/mol. The second-order valence-corrected chi connectivity index (χ2v) is 5.28. The number of hydrogen-bond donors (Lipinski definition) is 1. The van der Waals surface area contributed by atoms with Gasteiger partial charge in [0.2, 0.25) is 0 Å². The Kier molecular flexibility index (Phi) is 5.83. The highest BCUT2D eigenvalue weighted by Gasteiger charge is 2.22. The molecule has 1 aliphatic heterocycles. The van der Waals surface area contributed by atoms with Crippen LogP contribution in [0, 0.1) is 0 Å². The minimum absolute atomic E-state index is 0.583. The largest absolute Gasteiger partial charge is 0.382 e. The summed E-state index contributed by atoms with van der Waals surface area (Å²) in [7, 11) is 0. The van der Waals surface area contributed by atoms with E-state index >= 15 is 0 Å². The van der Waals surface area contributed by atoms with Crippen molar-refractivity contribution in [2.24, 2.45) is 0 Å². The lowest BCUT2D eigenvalue weighted by Gasteiger charge is -2.24. The van der Waals surface area contributed by atoms with Gasteiger partial charge in [-0.3, -0.25) is 4.90 Å². The Bertz CT molecular complexity index is 356. The van der Waals surface area contributed by atoms with Crippen LogP contribution in [-0.2, 0) is 17.8 Å². The predicted octanol–water partition coefficient (Wildman–Crippen LogP) is 2.41. The molecule has 1 aromatic rings. The van der Waals surface area contributed by atoms with Gasteiger partial charge in [-0.05, 0) is 37.9 Å². The van der Waals surface area contributed by atoms with Gasteiger partial charge < -0.3 is 10.1 Å². The maximum absolute atomic E-state index is 5.33. The number of hydrogen-bond acceptors (Lipinski definition) is 3. The summed E-state index contributed by atoms with van der Waals surface area (Å²) in [5, 5.41) is 3.53. The van der Waals surface area contributed by atoms with Crippen LogP contribution >= 0.6 is 0 Å². The second kappa shape index (κ2) is 7.63. The fraction of sp³-hybridized carbons (Fsp3) is 0.625. The van der Waals surface area contributed by atoms with E-state index in [0.717, 1.165) is 45.8 Å². The monoisotopic (exact) mass is 262 g/mol. The zero-order valence-electron chi connectivity index (χ0n) is 12.2. The number of fused-ring (bicyclic) bond motifs is 1. The first kappa shape index (κ1) is 14.5. The molecule has 3 nitrogen and oxygen atoms in total. The molecule has 1 aromatic carbocycles. The van der Waals surface area contributed by atoms with Crippen molar-refractivity contribution in [2.75, 3.05) is 26.3 Å². The molecule has 1 unspecified atom stereocenters. The topological polar surface area (TPSA) is 24.5 Å². The Balaban J connectivity index is 1.64. The molecule has 0 saturated carbocycles. The van der Waals surface area contributed by atoms with Crippen molar-refractivity contribution in [3.05, 3.63) is 35.4 Å². The van der Waals surface area contributed by atoms with Gasteiger partial charge in [0.1, 0.15) is 0 Å². The minimum atomic E-state index is 0.583. The van der Waals surface area contributed by atoms with Gasteiger partial charge in [-0.15, -0.1) is 0 Å². The van der Waals surface area contributed by atoms with Gasteiger partial charge in [-0.1, -0.05) is 24.3 Å². The molecule has 0 aromatic heterocycles. The SMILES string of the molecule is CCOCCCNCC(C)N1Cc2ccccc2C1. The number of ether oxygens (including phenoxy) is 1. The molecule has 0 bridgehead atoms. The first-order valence-electron chi connectivity index (χ1n) is 7.40. The Morgan fingerprint density at radius 3 is 2.58 bits per heavy atom. The van der Waals surface area contributed by atoms with Crippen LogP contribution < -0.4 is 5.32 Å². The van der Waals surface area contributed by atoms with Gasteiger partial charge in [0.05, 0.1) is 0 Å². The summed E-state index contributed by atoms with van der Waals surface area (Å²) >= 11 is 0. The zero-order valence-corrected chi connectivity index (χ0v) is 12.2. The van der Waals surface area contributed by atoms with Crippen molar-refractivity contribution in [3.63, 3.8) is 0 Å². The van der Waals surface area contributed by atoms with Crippen molar-refractivity contribution in [3.8, 4) is 0 Å². The van der Waals surface area contributed by atoms with Crippen molar-refractivity contribution in [2.45, 2.75) is 39.4 Å². The van der Waals surface area contributed by atoms with Crippen LogP contribution in [-0.4, -0.2) is 37.2 Å². The normalized spacial score (nSPS) is 16.5. The second-order valence-electron chi connectivity index (χ2n) is 5.28. The summed E-state index contributed by atoms with van der Waals surface area (Å²) in [4.78, 5) is 2.54. The van der Waals surface area contributed by atoms with Crippen LogP contribution in [0.4, 0.5) is 0 Å². The van der Waals surface area contributed by atoms with Gasteiger partial charge >= 0.3 is 0 Å². The molecular formula is C16H26N2O. The summed E-state index contributed by atoms with van der Waals surface area (Å²) in [6, 6.07) is 9.35. The van der Waals surface area contributed by atoms with Gasteiger partial charge in [0.25, 0.3) is 0 Å². The molecule has 0 fully saturated rings. The maximum atomic E-state index is 5.33. The van der Waals surface area contributed by atoms with Gasteiger partial charge in [0.15, 0.2) is 0 Å². The molecule has 19 heavy (non-hydrogen) atoms. The van der Waals surface area contributed by atoms with Gasteiger partial charge in [0, 0.05) is 38.9 Å². The van der Waals surface area contributed by atoms with Crippen molar-refractivity contribution in [1.29, 1.82) is 0 Å². The fourth-order valence-electron chi connectivity index (χ4n) is 2.55. The molecule has 2 rings (SSSR count). The summed E-state index contributed by atoms with van der Waals surface area (Å²) in [6.45, 7) is 10.3. The summed E-state index contributed by atoms with van der Waals surface area (Å²) in [5.41, 5.74) is 2.98. The van der Waals surface area contributed by atoms with Gasteiger partial charge in [-0.2, -0.15) is 0 Å². The third-order valence-electron chi connectivity index (χ3n) is 3.77. The van der Waals surface area contributed by atoms with Crippen LogP contribution in [0.2, 0.25) is 0 Å². The van der Waals surface area contributed by atoms with E-state index in [0.29, 0.717) is 6.04 Å². The Morgan fingerprint density at radius 2 is 1.95 bits per heavy atom. The molecule has 0 radical (unpaired) electrons. The molecule has 0 aliphatic carbocycles. The van der Waals surface area contributed by atoms with Crippen molar-refractivity contribution >= 4 is 0 Å². The molecular weight excluding hydrogens is 236 g/mol. The van der Waals surface area contributed by atoms with Crippen LogP contribution in [0.1, 0.15) is 31.4 Å². The molecule has 106 valence electrons. The molecule has 1 atom stereocenters. The van der Waals surface area contributed by atoms with Crippen molar-refractivity contribution < 1.29 is 4.74 Å². The quantitative estimate of drug-likeness (QED) is 0.728. The summed E-state index contributed by atoms with van der Waals surface area (Å²) < 4.78 is 5.33. The molecule has 1 N–H and O–H groups in total. The van der Waals surface area contributed by atoms with E-state index in [1.54, 1.807) is 0 Å². The van der Waals surface area contributed by atoms with E-state index < -0.39 is 0 Å². The lowest BCUT2D eigenvalue weighted by Crippen LogP contribution is -2.37. The fourth-order valence-corrected chi connectivity index (χ4v) is 2.55. The highest BCUT2D eigenvalue weighted by molar-refractivity contribution is 5.30. The van der Waals surface area contributed by atoms with Crippen LogP contribution in [0.15, 0.2) is 24.3 Å². The molecule has 1 aliphatic rings. The molecule has 0 saturated heterocycles. The highest BCUT2D eigenvalue weighted by Crippen LogP contribution is 2.23. The van der Waals surface area contributed by atoms with E-state index in [4.69, 9.17) is 4.74 Å². The van der Waals surface area contributed by atoms with Gasteiger partial charge in [-0.25, -0.2) is 0 Å². The first-order chi connectivity index (χ1) is 9.31. The highest BCUT2D eigenvalue weighted by atomic mass is 16.5. The van der Waals surface area contributed by atoms with E-state index in [1.807, 2.05) is 6.92 Å². The van der Waals surface area contributed by atoms with Crippen LogP contribution in [0.3, 0.4) is 0 Å². The lowest BCUT2D eigenvalue weighted by molar-refractivity contribution is 0.143. The Hall–Kier alpha value is -0.900. The average Bonchev–Trinajstić information content (AvgIpc) is 2.86. The van der Waals surface area contributed by atoms with Crippen LogP contribution in [0.25, 0.3) is 0 Å². The zero-order chi connectivity index (χ0) is 13.5. The molecule has 0 spiro atoms. The Morgan fingerprint density at radius 1 is 1.26 bits per heavy atom. The Labute approximate surface area is 116 Å². The number of benzene rings is 1. The first-order valence-corrected chi connectivity index (χ1v) is 7.40. The van der Waals surface area contributed by atoms with Crippen LogP contribution in [0.5, 0.6) is 0 Å². The standard InChI is InChI=1S/C16H26N2O/c1-3-19-10-6-9-17-11-14(2)18-12-15-7-4-5-8-16(15)13-18/h4-5,7-8,14,17H,3,6,9-13H2,1-2H3. The number of nitrogens with zero attached hydrogens (tertiary/aromatic N) is 1. The molecule has 0 amide bonds. The van der Waals surface area contributed by atoms with E-state index in [2.05, 4.69) is 41.4 Å². The van der Waals surface area contributed by atoms with E-state index in [1.165, 1.54) is 11.1 Å². The summed E-state index contributed by atoms with van der Waals surface area (Å²) in [6.07, 6.45) is 1.10. The van der Waals surface area contributed by atoms with E-state index in [-0.39, 0.29) is 0 Å². The predicted molar refractivity (Wildman–Crippen MR) is 79.1 cm³/mol. The molecule has 1 heterocycles. The number of nitrogens with one attached hydrogen (secondary N) is 1.